The molecule has 2 aromatic carbocycles. The number of nitrogens with one attached hydrogen (secondary N) is 1. The molecule has 1 aliphatic heterocycles. The van der Waals surface area contributed by atoms with E-state index >= 15 is 0 Å². The molecule has 0 fully saturated rings. The van der Waals surface area contributed by atoms with E-state index in [0.29, 0.717) is 23.9 Å². The molecule has 0 unspecified atom stereocenters. The molecule has 0 saturated heterocycles. The standard InChI is InChI=1S/C25H18N6O2/c32-23-11-10-20-19-7-4-12-29(15-19)16-30-22-9-2-1-8-21(22)26-25(30)27-24(33)18-6-3-5-17(13-18)14-31(23)28-20/h1-13,15H,14,16H2/p+1. The Balaban J connectivity index is 1.58. The predicted octanol–water partition coefficient (Wildman–Crippen LogP) is 2.67. The van der Waals surface area contributed by atoms with Gasteiger partial charge in [-0.05, 0) is 42.0 Å². The first-order valence-corrected chi connectivity index (χ1v) is 10.6. The molecule has 0 spiro atoms. The number of carbonyl (C=O) groups excluding carboxylic acids is 1. The van der Waals surface area contributed by atoms with Crippen LogP contribution in [0.2, 0.25) is 0 Å². The molecule has 1 aliphatic rings. The van der Waals surface area contributed by atoms with Crippen molar-refractivity contribution in [2.24, 2.45) is 0 Å². The van der Waals surface area contributed by atoms with Crippen LogP contribution < -0.4 is 15.4 Å². The first kappa shape index (κ1) is 19.1. The molecule has 5 aromatic rings. The molecule has 33 heavy (non-hydrogen) atoms. The number of pyridine rings is 1. The first-order valence-electron chi connectivity index (χ1n) is 10.6. The van der Waals surface area contributed by atoms with Gasteiger partial charge in [-0.1, -0.05) is 24.3 Å². The zero-order valence-corrected chi connectivity index (χ0v) is 17.5. The average Bonchev–Trinajstić information content (AvgIpc) is 3.17. The highest BCUT2D eigenvalue weighted by Gasteiger charge is 2.18. The average molecular weight is 435 g/mol. The third-order valence-corrected chi connectivity index (χ3v) is 5.73. The van der Waals surface area contributed by atoms with Crippen LogP contribution in [0.5, 0.6) is 0 Å². The number of para-hydroxylation sites is 2. The van der Waals surface area contributed by atoms with Gasteiger partial charge in [-0.25, -0.2) is 9.67 Å². The highest BCUT2D eigenvalue weighted by Crippen LogP contribution is 2.21. The van der Waals surface area contributed by atoms with Crippen molar-refractivity contribution < 1.29 is 9.36 Å². The summed E-state index contributed by atoms with van der Waals surface area (Å²) in [6.45, 7) is 0.697. The zero-order valence-electron chi connectivity index (χ0n) is 17.5. The van der Waals surface area contributed by atoms with Gasteiger partial charge in [0.05, 0.1) is 28.8 Å². The maximum Gasteiger partial charge on any atom is 0.267 e. The van der Waals surface area contributed by atoms with Gasteiger partial charge in [0.25, 0.3) is 11.5 Å². The fourth-order valence-electron chi connectivity index (χ4n) is 4.11. The van der Waals surface area contributed by atoms with Crippen molar-refractivity contribution in [3.05, 3.63) is 107 Å². The topological polar surface area (TPSA) is 85.7 Å². The maximum absolute atomic E-state index is 13.1. The van der Waals surface area contributed by atoms with E-state index in [1.807, 2.05) is 64.0 Å². The Kier molecular flexibility index (Phi) is 4.36. The number of benzene rings is 2. The minimum Gasteiger partial charge on any atom is -0.292 e. The smallest absolute Gasteiger partial charge is 0.267 e. The fourth-order valence-corrected chi connectivity index (χ4v) is 4.11. The summed E-state index contributed by atoms with van der Waals surface area (Å²) in [6.07, 6.45) is 3.91. The van der Waals surface area contributed by atoms with Gasteiger partial charge in [0.15, 0.2) is 12.4 Å². The highest BCUT2D eigenvalue weighted by atomic mass is 16.2. The molecule has 0 radical (unpaired) electrons. The summed E-state index contributed by atoms with van der Waals surface area (Å²) in [5.74, 6) is 0.199. The second-order valence-corrected chi connectivity index (χ2v) is 7.97. The van der Waals surface area contributed by atoms with Crippen LogP contribution in [0.15, 0.2) is 90.0 Å². The second kappa shape index (κ2) is 7.52. The molecule has 0 saturated carbocycles. The number of anilines is 1. The largest absolute Gasteiger partial charge is 0.292 e. The lowest BCUT2D eigenvalue weighted by molar-refractivity contribution is -0.700. The van der Waals surface area contributed by atoms with E-state index in [0.717, 1.165) is 22.2 Å². The van der Waals surface area contributed by atoms with Crippen molar-refractivity contribution in [3.8, 4) is 11.3 Å². The Labute approximate surface area is 188 Å². The third kappa shape index (κ3) is 3.47. The molecule has 3 aromatic heterocycles. The Morgan fingerprint density at radius 1 is 0.909 bits per heavy atom. The van der Waals surface area contributed by atoms with Crippen LogP contribution in [-0.4, -0.2) is 25.2 Å². The van der Waals surface area contributed by atoms with Gasteiger partial charge >= 0.3 is 0 Å². The van der Waals surface area contributed by atoms with E-state index in [9.17, 15) is 9.59 Å². The van der Waals surface area contributed by atoms with E-state index in [-0.39, 0.29) is 18.0 Å². The molecule has 8 nitrogen and oxygen atoms in total. The number of hydrogen-bond acceptors (Lipinski definition) is 4. The Bertz CT molecular complexity index is 1600. The number of nitrogens with zero attached hydrogens (tertiary/aromatic N) is 5. The highest BCUT2D eigenvalue weighted by molar-refractivity contribution is 6.04. The number of hydrogen-bond donors (Lipinski definition) is 1. The van der Waals surface area contributed by atoms with Gasteiger partial charge < -0.3 is 0 Å². The lowest BCUT2D eigenvalue weighted by atomic mass is 10.1. The first-order chi connectivity index (χ1) is 16.1. The summed E-state index contributed by atoms with van der Waals surface area (Å²) >= 11 is 0. The van der Waals surface area contributed by atoms with E-state index in [2.05, 4.69) is 15.4 Å². The van der Waals surface area contributed by atoms with Gasteiger partial charge in [0.1, 0.15) is 0 Å². The van der Waals surface area contributed by atoms with Gasteiger partial charge in [0, 0.05) is 17.7 Å². The monoisotopic (exact) mass is 435 g/mol. The second-order valence-electron chi connectivity index (χ2n) is 7.97. The fraction of sp³-hybridized carbons (Fsp3) is 0.0800. The zero-order chi connectivity index (χ0) is 22.4. The molecule has 1 N–H and O–H groups in total. The summed E-state index contributed by atoms with van der Waals surface area (Å²) in [7, 11) is 0. The number of imidazole rings is 1. The van der Waals surface area contributed by atoms with E-state index in [1.165, 1.54) is 10.7 Å². The number of carbonyl (C=O) groups is 1. The summed E-state index contributed by atoms with van der Waals surface area (Å²) in [6, 6.07) is 22.1. The molecule has 6 bridgehead atoms. The van der Waals surface area contributed by atoms with Crippen LogP contribution >= 0.6 is 0 Å². The minimum absolute atomic E-state index is 0.201. The molecule has 4 heterocycles. The van der Waals surface area contributed by atoms with Crippen molar-refractivity contribution in [1.82, 2.24) is 19.3 Å². The molecular formula is C25H19N6O2+. The number of amides is 1. The van der Waals surface area contributed by atoms with Crippen molar-refractivity contribution >= 4 is 22.9 Å². The van der Waals surface area contributed by atoms with E-state index < -0.39 is 0 Å². The Hall–Kier alpha value is -4.59. The molecule has 1 amide bonds. The molecule has 0 atom stereocenters. The summed E-state index contributed by atoms with van der Waals surface area (Å²) in [5.41, 5.74) is 4.38. The molecular weight excluding hydrogens is 416 g/mol. The molecule has 8 heteroatoms. The Morgan fingerprint density at radius 3 is 2.73 bits per heavy atom. The van der Waals surface area contributed by atoms with Crippen LogP contribution in [0.1, 0.15) is 15.9 Å². The van der Waals surface area contributed by atoms with Crippen molar-refractivity contribution in [2.45, 2.75) is 13.2 Å². The van der Waals surface area contributed by atoms with Crippen LogP contribution in [0.3, 0.4) is 0 Å². The summed E-state index contributed by atoms with van der Waals surface area (Å²) in [4.78, 5) is 30.2. The van der Waals surface area contributed by atoms with Crippen LogP contribution in [-0.2, 0) is 13.2 Å². The minimum atomic E-state index is -0.268. The quantitative estimate of drug-likeness (QED) is 0.379. The maximum atomic E-state index is 13.1. The van der Waals surface area contributed by atoms with Crippen LogP contribution in [0.4, 0.5) is 5.95 Å². The van der Waals surface area contributed by atoms with Gasteiger partial charge in [-0.2, -0.15) is 9.67 Å². The predicted molar refractivity (Wildman–Crippen MR) is 123 cm³/mol. The van der Waals surface area contributed by atoms with Crippen molar-refractivity contribution in [3.63, 3.8) is 0 Å². The van der Waals surface area contributed by atoms with Crippen LogP contribution in [0.25, 0.3) is 22.3 Å². The third-order valence-electron chi connectivity index (χ3n) is 5.73. The van der Waals surface area contributed by atoms with Gasteiger partial charge in [0.2, 0.25) is 12.6 Å². The van der Waals surface area contributed by atoms with Crippen molar-refractivity contribution in [2.75, 3.05) is 5.32 Å². The molecule has 6 rings (SSSR count). The molecule has 0 aliphatic carbocycles. The lowest BCUT2D eigenvalue weighted by Crippen LogP contribution is -2.37. The van der Waals surface area contributed by atoms with Gasteiger partial charge in [-0.15, -0.1) is 0 Å². The summed E-state index contributed by atoms with van der Waals surface area (Å²) in [5, 5.41) is 7.55. The van der Waals surface area contributed by atoms with Gasteiger partial charge in [-0.3, -0.25) is 19.5 Å². The molecule has 160 valence electrons. The van der Waals surface area contributed by atoms with E-state index in [4.69, 9.17) is 0 Å². The number of rotatable bonds is 0. The van der Waals surface area contributed by atoms with Crippen LogP contribution in [0, 0.1) is 0 Å². The SMILES string of the molecule is O=C1Nc2nc3ccccc3n2C[n+]2cccc(c2)-c2ccc(=O)n(n2)Cc2cccc1c2. The van der Waals surface area contributed by atoms with E-state index in [1.54, 1.807) is 24.3 Å². The number of aromatic nitrogens is 5. The van der Waals surface area contributed by atoms with Crippen molar-refractivity contribution in [1.29, 1.82) is 0 Å². The normalized spacial score (nSPS) is 13.0. The summed E-state index contributed by atoms with van der Waals surface area (Å²) < 4.78 is 5.38. The number of fused-ring (bicyclic) bond motifs is 10. The Morgan fingerprint density at radius 2 is 1.79 bits per heavy atom. The lowest BCUT2D eigenvalue weighted by Gasteiger charge is -2.09.